The molecule has 1 unspecified atom stereocenters. The first-order valence-corrected chi connectivity index (χ1v) is 12.6. The molecule has 35 heavy (non-hydrogen) atoms. The average Bonchev–Trinajstić information content (AvgIpc) is 2.84. The van der Waals surface area contributed by atoms with E-state index in [0.29, 0.717) is 22.8 Å². The lowest BCUT2D eigenvalue weighted by Gasteiger charge is -2.32. The van der Waals surface area contributed by atoms with Crippen molar-refractivity contribution in [3.63, 3.8) is 0 Å². The largest absolute Gasteiger partial charge is 0.493 e. The van der Waals surface area contributed by atoms with Gasteiger partial charge in [0.15, 0.2) is 0 Å². The fraction of sp³-hybridized carbons (Fsp3) is 0.240. The van der Waals surface area contributed by atoms with Crippen LogP contribution in [0.15, 0.2) is 71.6 Å². The Labute approximate surface area is 208 Å². The van der Waals surface area contributed by atoms with E-state index in [2.05, 4.69) is 5.32 Å². The number of anilines is 1. The fourth-order valence-corrected chi connectivity index (χ4v) is 5.31. The zero-order chi connectivity index (χ0) is 25.6. The van der Waals surface area contributed by atoms with Crippen molar-refractivity contribution < 1.29 is 26.7 Å². The Balaban J connectivity index is 2.04. The van der Waals surface area contributed by atoms with Crippen LogP contribution in [0.3, 0.4) is 0 Å². The van der Waals surface area contributed by atoms with Crippen molar-refractivity contribution in [3.8, 4) is 5.75 Å². The van der Waals surface area contributed by atoms with Gasteiger partial charge in [0.1, 0.15) is 17.4 Å². The van der Waals surface area contributed by atoms with Crippen LogP contribution >= 0.6 is 11.6 Å². The van der Waals surface area contributed by atoms with Crippen LogP contribution in [-0.2, 0) is 14.8 Å². The van der Waals surface area contributed by atoms with E-state index in [0.717, 1.165) is 22.5 Å². The van der Waals surface area contributed by atoms with E-state index in [1.807, 2.05) is 0 Å². The second-order valence-electron chi connectivity index (χ2n) is 7.69. The van der Waals surface area contributed by atoms with Gasteiger partial charge in [-0.2, -0.15) is 0 Å². The summed E-state index contributed by atoms with van der Waals surface area (Å²) in [5.74, 6) is -1.45. The molecule has 1 amide bonds. The third-order valence-corrected chi connectivity index (χ3v) is 7.47. The lowest BCUT2D eigenvalue weighted by molar-refractivity contribution is -0.120. The molecule has 3 rings (SSSR count). The van der Waals surface area contributed by atoms with Crippen LogP contribution in [-0.4, -0.2) is 28.0 Å². The first-order valence-electron chi connectivity index (χ1n) is 10.8. The number of hydrogen-bond donors (Lipinski definition) is 1. The molecule has 10 heteroatoms. The molecule has 186 valence electrons. The summed E-state index contributed by atoms with van der Waals surface area (Å²) in [6, 6.07) is 13.8. The van der Waals surface area contributed by atoms with Crippen LogP contribution < -0.4 is 14.4 Å². The highest BCUT2D eigenvalue weighted by Gasteiger charge is 2.34. The quantitative estimate of drug-likeness (QED) is 0.358. The predicted octanol–water partition coefficient (Wildman–Crippen LogP) is 5.48. The monoisotopic (exact) mass is 522 g/mol. The molecule has 0 heterocycles. The summed E-state index contributed by atoms with van der Waals surface area (Å²) < 4.78 is 63.1. The normalized spacial score (nSPS) is 12.1. The number of carbonyl (C=O) groups excluding carboxylic acids is 1. The van der Waals surface area contributed by atoms with Crippen molar-refractivity contribution in [2.45, 2.75) is 30.7 Å². The lowest BCUT2D eigenvalue weighted by Crippen LogP contribution is -2.34. The summed E-state index contributed by atoms with van der Waals surface area (Å²) >= 11 is 5.91. The second-order valence-corrected chi connectivity index (χ2v) is 9.94. The molecular weight excluding hydrogens is 498 g/mol. The molecule has 0 fully saturated rings. The van der Waals surface area contributed by atoms with Crippen molar-refractivity contribution in [2.75, 3.05) is 18.0 Å². The highest BCUT2D eigenvalue weighted by atomic mass is 35.5. The van der Waals surface area contributed by atoms with E-state index in [4.69, 9.17) is 16.3 Å². The molecule has 0 aromatic heterocycles. The minimum atomic E-state index is -4.35. The van der Waals surface area contributed by atoms with Crippen LogP contribution in [0.1, 0.15) is 31.4 Å². The average molecular weight is 523 g/mol. The van der Waals surface area contributed by atoms with E-state index in [9.17, 15) is 22.0 Å². The highest BCUT2D eigenvalue weighted by Crippen LogP contribution is 2.38. The summed E-state index contributed by atoms with van der Waals surface area (Å²) in [5.41, 5.74) is -0.00415. The molecule has 0 saturated heterocycles. The van der Waals surface area contributed by atoms with Crippen molar-refractivity contribution in [1.82, 2.24) is 5.32 Å². The van der Waals surface area contributed by atoms with Gasteiger partial charge in [0.2, 0.25) is 5.91 Å². The molecule has 1 N–H and O–H groups in total. The summed E-state index contributed by atoms with van der Waals surface area (Å²) in [6.45, 7) is 1.76. The Morgan fingerprint density at radius 3 is 2.46 bits per heavy atom. The highest BCUT2D eigenvalue weighted by molar-refractivity contribution is 7.92. The minimum absolute atomic E-state index is 0.128. The molecule has 0 radical (unpaired) electrons. The Bertz CT molecular complexity index is 1290. The molecule has 6 nitrogen and oxygen atoms in total. The van der Waals surface area contributed by atoms with Gasteiger partial charge in [0.25, 0.3) is 10.0 Å². The molecule has 0 spiro atoms. The molecule has 3 aromatic carbocycles. The SMILES string of the molecule is CNC(=O)CCCOc1ccccc1C(C)N(c1cc(F)ccc1F)S(=O)(=O)c1ccc(Cl)cc1. The number of halogens is 3. The van der Waals surface area contributed by atoms with Gasteiger partial charge in [-0.1, -0.05) is 29.8 Å². The Morgan fingerprint density at radius 2 is 1.77 bits per heavy atom. The van der Waals surface area contributed by atoms with Gasteiger partial charge in [0, 0.05) is 30.1 Å². The summed E-state index contributed by atoms with van der Waals surface area (Å²) in [5, 5.41) is 2.86. The molecule has 0 saturated carbocycles. The van der Waals surface area contributed by atoms with Crippen molar-refractivity contribution in [2.24, 2.45) is 0 Å². The molecule has 0 bridgehead atoms. The van der Waals surface area contributed by atoms with Crippen molar-refractivity contribution in [3.05, 3.63) is 89.0 Å². The smallest absolute Gasteiger partial charge is 0.264 e. The first-order chi connectivity index (χ1) is 16.6. The van der Waals surface area contributed by atoms with Crippen LogP contribution in [0.2, 0.25) is 5.02 Å². The van der Waals surface area contributed by atoms with E-state index in [1.54, 1.807) is 38.2 Å². The fourth-order valence-electron chi connectivity index (χ4n) is 3.54. The van der Waals surface area contributed by atoms with Gasteiger partial charge >= 0.3 is 0 Å². The van der Waals surface area contributed by atoms with Crippen LogP contribution in [0.5, 0.6) is 5.75 Å². The number of ether oxygens (including phenoxy) is 1. The maximum absolute atomic E-state index is 14.9. The van der Waals surface area contributed by atoms with Gasteiger partial charge in [-0.3, -0.25) is 9.10 Å². The predicted molar refractivity (Wildman–Crippen MR) is 131 cm³/mol. The number of carbonyl (C=O) groups is 1. The molecule has 3 aromatic rings. The zero-order valence-corrected chi connectivity index (χ0v) is 20.7. The van der Waals surface area contributed by atoms with Gasteiger partial charge in [-0.05, 0) is 55.8 Å². The Morgan fingerprint density at radius 1 is 1.09 bits per heavy atom. The Hall–Kier alpha value is -3.17. The number of nitrogens with zero attached hydrogens (tertiary/aromatic N) is 1. The number of hydrogen-bond acceptors (Lipinski definition) is 4. The van der Waals surface area contributed by atoms with Crippen LogP contribution in [0.25, 0.3) is 0 Å². The molecule has 0 aliphatic carbocycles. The molecule has 0 aliphatic rings. The topological polar surface area (TPSA) is 75.7 Å². The van der Waals surface area contributed by atoms with E-state index < -0.39 is 33.4 Å². The second kappa shape index (κ2) is 11.5. The molecule has 0 aliphatic heterocycles. The van der Waals surface area contributed by atoms with E-state index in [-0.39, 0.29) is 23.8 Å². The lowest BCUT2D eigenvalue weighted by atomic mass is 10.1. The molecule has 1 atom stereocenters. The van der Waals surface area contributed by atoms with E-state index in [1.165, 1.54) is 24.3 Å². The third-order valence-electron chi connectivity index (χ3n) is 5.32. The van der Waals surface area contributed by atoms with Crippen LogP contribution in [0, 0.1) is 11.6 Å². The van der Waals surface area contributed by atoms with E-state index >= 15 is 0 Å². The number of sulfonamides is 1. The minimum Gasteiger partial charge on any atom is -0.493 e. The number of amides is 1. The Kier molecular flexibility index (Phi) is 8.69. The maximum Gasteiger partial charge on any atom is 0.264 e. The summed E-state index contributed by atoms with van der Waals surface area (Å²) in [7, 11) is -2.81. The zero-order valence-electron chi connectivity index (χ0n) is 19.2. The number of rotatable bonds is 10. The van der Waals surface area contributed by atoms with Gasteiger partial charge in [-0.25, -0.2) is 17.2 Å². The van der Waals surface area contributed by atoms with Gasteiger partial charge in [-0.15, -0.1) is 0 Å². The van der Waals surface area contributed by atoms with Crippen LogP contribution in [0.4, 0.5) is 14.5 Å². The summed E-state index contributed by atoms with van der Waals surface area (Å²) in [6.07, 6.45) is 0.702. The third kappa shape index (κ3) is 6.29. The standard InChI is InChI=1S/C25H25ClF2N2O4S/c1-17(21-6-3-4-7-24(21)34-15-5-8-25(31)29-2)30(23-16-19(27)11-14-22(23)28)35(32,33)20-12-9-18(26)10-13-20/h3-4,6-7,9-14,16-17H,5,8,15H2,1-2H3,(H,29,31). The maximum atomic E-state index is 14.9. The summed E-state index contributed by atoms with van der Waals surface area (Å²) in [4.78, 5) is 11.3. The van der Waals surface area contributed by atoms with Crippen molar-refractivity contribution in [1.29, 1.82) is 0 Å². The van der Waals surface area contributed by atoms with Gasteiger partial charge < -0.3 is 10.1 Å². The number of benzene rings is 3. The number of nitrogens with one attached hydrogen (secondary N) is 1. The number of para-hydroxylation sites is 1. The van der Waals surface area contributed by atoms with Gasteiger partial charge in [0.05, 0.1) is 23.2 Å². The van der Waals surface area contributed by atoms with Crippen molar-refractivity contribution >= 4 is 33.2 Å². The molecular formula is C25H25ClF2N2O4S. The first kappa shape index (κ1) is 26.4.